The molecule has 0 bridgehead atoms. The third kappa shape index (κ3) is 4.89. The van der Waals surface area contributed by atoms with Gasteiger partial charge >= 0.3 is 0 Å². The first-order valence-electron chi connectivity index (χ1n) is 20.0. The number of nitrogens with zero attached hydrogens (tertiary/aromatic N) is 1. The summed E-state index contributed by atoms with van der Waals surface area (Å²) >= 11 is 0. The molecule has 0 unspecified atom stereocenters. The number of rotatable bonds is 6. The smallest absolute Gasteiger partial charge is 0.0714 e. The maximum atomic E-state index is 2.47. The minimum atomic E-state index is -0.487. The molecular weight excluding hydrogens is 687 g/mol. The van der Waals surface area contributed by atoms with Gasteiger partial charge in [-0.1, -0.05) is 184 Å². The quantitative estimate of drug-likeness (QED) is 0.165. The van der Waals surface area contributed by atoms with Gasteiger partial charge in [-0.2, -0.15) is 0 Å². The summed E-state index contributed by atoms with van der Waals surface area (Å²) in [6.45, 7) is 4.80. The van der Waals surface area contributed by atoms with Crippen molar-refractivity contribution < 1.29 is 0 Å². The Morgan fingerprint density at radius 2 is 0.930 bits per heavy atom. The van der Waals surface area contributed by atoms with Gasteiger partial charge < -0.3 is 4.90 Å². The second kappa shape index (κ2) is 12.8. The predicted octanol–water partition coefficient (Wildman–Crippen LogP) is 14.6. The highest BCUT2D eigenvalue weighted by atomic mass is 15.1. The maximum Gasteiger partial charge on any atom is 0.0714 e. The highest BCUT2D eigenvalue weighted by molar-refractivity contribution is 6.05. The molecule has 0 heterocycles. The number of fused-ring (bicyclic) bond motifs is 8. The summed E-state index contributed by atoms with van der Waals surface area (Å²) in [7, 11) is 0. The Labute approximate surface area is 335 Å². The van der Waals surface area contributed by atoms with Crippen molar-refractivity contribution in [2.45, 2.75) is 24.7 Å². The standard InChI is InChI=1S/C56H41N/c1-55(2)50-34-32-43(36-49(50)53-48(38-19-7-3-8-20-38)35-39-21-15-16-28-45(39)54(53)55)57(42-26-13-6-14-27-42)44-31-33-47-46-29-17-18-30-51(46)56(52(47)37-44,40-22-9-4-10-23-40)41-24-11-5-12-25-41/h3-37H,1-2H3. The van der Waals surface area contributed by atoms with E-state index in [4.69, 9.17) is 0 Å². The number of benzene rings is 9. The van der Waals surface area contributed by atoms with E-state index in [-0.39, 0.29) is 5.41 Å². The summed E-state index contributed by atoms with van der Waals surface area (Å²) in [4.78, 5) is 2.46. The van der Waals surface area contributed by atoms with Gasteiger partial charge in [-0.25, -0.2) is 0 Å². The van der Waals surface area contributed by atoms with Gasteiger partial charge in [-0.15, -0.1) is 0 Å². The minimum absolute atomic E-state index is 0.185. The van der Waals surface area contributed by atoms with Crippen LogP contribution in [0.3, 0.4) is 0 Å². The molecule has 0 radical (unpaired) electrons. The summed E-state index contributed by atoms with van der Waals surface area (Å²) in [5.74, 6) is 0. The Kier molecular flexibility index (Phi) is 7.50. The molecule has 0 spiro atoms. The van der Waals surface area contributed by atoms with Gasteiger partial charge in [-0.3, -0.25) is 0 Å². The first-order valence-corrected chi connectivity index (χ1v) is 20.0. The molecule has 0 saturated heterocycles. The molecule has 270 valence electrons. The van der Waals surface area contributed by atoms with E-state index in [0.29, 0.717) is 0 Å². The van der Waals surface area contributed by atoms with Gasteiger partial charge in [0.15, 0.2) is 0 Å². The maximum absolute atomic E-state index is 2.47. The number of hydrogen-bond acceptors (Lipinski definition) is 1. The van der Waals surface area contributed by atoms with E-state index in [0.717, 1.165) is 17.1 Å². The van der Waals surface area contributed by atoms with Crippen molar-refractivity contribution in [2.24, 2.45) is 0 Å². The van der Waals surface area contributed by atoms with E-state index in [1.54, 1.807) is 0 Å². The molecule has 0 N–H and O–H groups in total. The van der Waals surface area contributed by atoms with Crippen LogP contribution in [-0.2, 0) is 10.8 Å². The van der Waals surface area contributed by atoms with Crippen LogP contribution in [0.1, 0.15) is 47.2 Å². The van der Waals surface area contributed by atoms with Gasteiger partial charge in [0.05, 0.1) is 5.41 Å². The number of anilines is 3. The highest BCUT2D eigenvalue weighted by Gasteiger charge is 2.46. The van der Waals surface area contributed by atoms with Crippen LogP contribution in [0.5, 0.6) is 0 Å². The molecule has 0 fully saturated rings. The van der Waals surface area contributed by atoms with Crippen LogP contribution < -0.4 is 4.90 Å². The zero-order valence-corrected chi connectivity index (χ0v) is 32.2. The van der Waals surface area contributed by atoms with Gasteiger partial charge in [0.2, 0.25) is 0 Å². The van der Waals surface area contributed by atoms with Crippen LogP contribution in [0.15, 0.2) is 212 Å². The van der Waals surface area contributed by atoms with Crippen LogP contribution in [0.2, 0.25) is 0 Å². The Hall–Kier alpha value is -6.96. The van der Waals surface area contributed by atoms with Crippen LogP contribution in [0.25, 0.3) is 44.2 Å². The van der Waals surface area contributed by atoms with Crippen molar-refractivity contribution in [1.82, 2.24) is 0 Å². The van der Waals surface area contributed by atoms with Crippen LogP contribution in [-0.4, -0.2) is 0 Å². The van der Waals surface area contributed by atoms with Crippen molar-refractivity contribution in [2.75, 3.05) is 4.90 Å². The molecule has 1 heteroatoms. The monoisotopic (exact) mass is 727 g/mol. The second-order valence-corrected chi connectivity index (χ2v) is 16.0. The third-order valence-electron chi connectivity index (χ3n) is 12.7. The summed E-state index contributed by atoms with van der Waals surface area (Å²) in [5, 5.41) is 2.60. The SMILES string of the molecule is CC1(C)c2ccc(N(c3ccccc3)c3ccc4c(c3)C(c3ccccc3)(c3ccccc3)c3ccccc3-4)cc2-c2c(-c3ccccc3)cc3ccccc3c21. The Morgan fingerprint density at radius 3 is 1.65 bits per heavy atom. The lowest BCUT2D eigenvalue weighted by Crippen LogP contribution is -2.28. The molecule has 11 rings (SSSR count). The fraction of sp³-hybridized carbons (Fsp3) is 0.0714. The molecule has 0 amide bonds. The van der Waals surface area contributed by atoms with Crippen molar-refractivity contribution >= 4 is 27.8 Å². The fourth-order valence-corrected chi connectivity index (χ4v) is 10.3. The van der Waals surface area contributed by atoms with Crippen LogP contribution in [0.4, 0.5) is 17.1 Å². The number of hydrogen-bond donors (Lipinski definition) is 0. The van der Waals surface area contributed by atoms with Crippen molar-refractivity contribution in [3.8, 4) is 33.4 Å². The average Bonchev–Trinajstić information content (AvgIpc) is 3.70. The second-order valence-electron chi connectivity index (χ2n) is 16.0. The van der Waals surface area contributed by atoms with Crippen LogP contribution in [0, 0.1) is 0 Å². The predicted molar refractivity (Wildman–Crippen MR) is 239 cm³/mol. The lowest BCUT2D eigenvalue weighted by Gasteiger charge is -2.35. The minimum Gasteiger partial charge on any atom is -0.310 e. The molecular formula is C56H41N. The molecule has 0 aliphatic heterocycles. The molecule has 0 aromatic heterocycles. The molecule has 2 aliphatic carbocycles. The first kappa shape index (κ1) is 33.4. The average molecular weight is 728 g/mol. The molecule has 57 heavy (non-hydrogen) atoms. The topological polar surface area (TPSA) is 3.24 Å². The Morgan fingerprint density at radius 1 is 0.368 bits per heavy atom. The summed E-state index contributed by atoms with van der Waals surface area (Å²) in [6, 6.07) is 78.6. The molecule has 9 aromatic carbocycles. The van der Waals surface area contributed by atoms with E-state index in [1.807, 2.05) is 0 Å². The zero-order valence-electron chi connectivity index (χ0n) is 32.2. The van der Waals surface area contributed by atoms with E-state index in [1.165, 1.54) is 77.5 Å². The molecule has 2 aliphatic rings. The third-order valence-corrected chi connectivity index (χ3v) is 12.7. The van der Waals surface area contributed by atoms with Crippen LogP contribution >= 0.6 is 0 Å². The molecule has 9 aromatic rings. The van der Waals surface area contributed by atoms with Crippen molar-refractivity contribution in [3.05, 3.63) is 246 Å². The largest absolute Gasteiger partial charge is 0.310 e. The van der Waals surface area contributed by atoms with Gasteiger partial charge in [0.25, 0.3) is 0 Å². The van der Waals surface area contributed by atoms with Gasteiger partial charge in [0.1, 0.15) is 0 Å². The van der Waals surface area contributed by atoms with Gasteiger partial charge in [0, 0.05) is 22.5 Å². The van der Waals surface area contributed by atoms with Gasteiger partial charge in [-0.05, 0) is 120 Å². The summed E-state index contributed by atoms with van der Waals surface area (Å²) in [6.07, 6.45) is 0. The highest BCUT2D eigenvalue weighted by Crippen LogP contribution is 2.59. The Balaban J connectivity index is 1.17. The fourth-order valence-electron chi connectivity index (χ4n) is 10.3. The van der Waals surface area contributed by atoms with Crippen molar-refractivity contribution in [1.29, 1.82) is 0 Å². The van der Waals surface area contributed by atoms with E-state index in [2.05, 4.69) is 231 Å². The van der Waals surface area contributed by atoms with Crippen molar-refractivity contribution in [3.63, 3.8) is 0 Å². The zero-order chi connectivity index (χ0) is 38.1. The first-order chi connectivity index (χ1) is 28.0. The molecule has 0 saturated carbocycles. The number of para-hydroxylation sites is 1. The van der Waals surface area contributed by atoms with E-state index < -0.39 is 5.41 Å². The summed E-state index contributed by atoms with van der Waals surface area (Å²) < 4.78 is 0. The lowest BCUT2D eigenvalue weighted by atomic mass is 9.67. The molecule has 0 atom stereocenters. The van der Waals surface area contributed by atoms with E-state index in [9.17, 15) is 0 Å². The Bertz CT molecular complexity index is 2920. The normalized spacial score (nSPS) is 14.1. The lowest BCUT2D eigenvalue weighted by molar-refractivity contribution is 0.666. The summed E-state index contributed by atoms with van der Waals surface area (Å²) in [5.41, 5.74) is 18.4. The van der Waals surface area contributed by atoms with E-state index >= 15 is 0 Å². The molecule has 1 nitrogen and oxygen atoms in total.